The lowest BCUT2D eigenvalue weighted by molar-refractivity contribution is -0.126. The fourth-order valence-corrected chi connectivity index (χ4v) is 2.80. The van der Waals surface area contributed by atoms with Crippen molar-refractivity contribution in [3.63, 3.8) is 0 Å². The lowest BCUT2D eigenvalue weighted by Gasteiger charge is -2.32. The molecule has 98 valence electrons. The van der Waals surface area contributed by atoms with E-state index >= 15 is 0 Å². The van der Waals surface area contributed by atoms with Crippen LogP contribution in [0.25, 0.3) is 0 Å². The zero-order chi connectivity index (χ0) is 13.2. The molecule has 0 aliphatic carbocycles. The summed E-state index contributed by atoms with van der Waals surface area (Å²) in [5.41, 5.74) is -0.334. The van der Waals surface area contributed by atoms with Crippen LogP contribution in [-0.2, 0) is 4.79 Å². The average Bonchev–Trinajstić information content (AvgIpc) is 2.33. The second kappa shape index (κ2) is 5.63. The Kier molecular flexibility index (Phi) is 4.34. The molecule has 0 radical (unpaired) electrons. The first-order valence-electron chi connectivity index (χ1n) is 5.71. The smallest absolute Gasteiger partial charge is 0.231 e. The Morgan fingerprint density at radius 2 is 2.11 bits per heavy atom. The summed E-state index contributed by atoms with van der Waals surface area (Å²) in [6, 6.07) is 0. The average molecular weight is 378 g/mol. The zero-order valence-corrected chi connectivity index (χ0v) is 13.1. The Bertz CT molecular complexity index is 460. The van der Waals surface area contributed by atoms with Crippen LogP contribution in [-0.4, -0.2) is 29.0 Å². The Balaban J connectivity index is 2.11. The summed E-state index contributed by atoms with van der Waals surface area (Å²) in [6.07, 6.45) is 3.23. The van der Waals surface area contributed by atoms with Gasteiger partial charge in [0, 0.05) is 5.41 Å². The van der Waals surface area contributed by atoms with Crippen LogP contribution in [0.3, 0.4) is 0 Å². The van der Waals surface area contributed by atoms with Gasteiger partial charge >= 0.3 is 0 Å². The van der Waals surface area contributed by atoms with Gasteiger partial charge in [0.2, 0.25) is 5.91 Å². The van der Waals surface area contributed by atoms with Crippen LogP contribution in [0.4, 0.5) is 5.82 Å². The van der Waals surface area contributed by atoms with Crippen molar-refractivity contribution in [3.05, 3.63) is 15.4 Å². The molecule has 0 saturated carbocycles. The molecule has 0 aromatic carbocycles. The fourth-order valence-electron chi connectivity index (χ4n) is 1.89. The van der Waals surface area contributed by atoms with Crippen molar-refractivity contribution in [1.82, 2.24) is 15.3 Å². The molecule has 1 aromatic heterocycles. The van der Waals surface area contributed by atoms with Gasteiger partial charge in [0.05, 0.1) is 6.20 Å². The van der Waals surface area contributed by atoms with Gasteiger partial charge in [0.15, 0.2) is 5.82 Å². The van der Waals surface area contributed by atoms with E-state index in [4.69, 9.17) is 0 Å². The molecule has 18 heavy (non-hydrogen) atoms. The second-order valence-corrected chi connectivity index (χ2v) is 6.16. The third-order valence-corrected chi connectivity index (χ3v) is 4.12. The molecule has 0 bridgehead atoms. The molecule has 2 rings (SSSR count). The van der Waals surface area contributed by atoms with E-state index in [0.29, 0.717) is 15.0 Å². The SMILES string of the molecule is CC1(C(=O)Nc2ncc(Br)nc2Br)CCNCC1. The number of hydrogen-bond donors (Lipinski definition) is 2. The third kappa shape index (κ3) is 3.07. The van der Waals surface area contributed by atoms with Crippen LogP contribution in [0, 0.1) is 5.41 Å². The number of piperidine rings is 1. The first kappa shape index (κ1) is 13.9. The lowest BCUT2D eigenvalue weighted by Crippen LogP contribution is -2.43. The molecular formula is C11H14Br2N4O. The Hall–Kier alpha value is -0.530. The minimum atomic E-state index is -0.334. The molecule has 5 nitrogen and oxygen atoms in total. The van der Waals surface area contributed by atoms with Crippen molar-refractivity contribution in [2.75, 3.05) is 18.4 Å². The number of nitrogens with one attached hydrogen (secondary N) is 2. The van der Waals surface area contributed by atoms with Crippen LogP contribution in [0.2, 0.25) is 0 Å². The van der Waals surface area contributed by atoms with E-state index < -0.39 is 0 Å². The van der Waals surface area contributed by atoms with E-state index in [1.807, 2.05) is 6.92 Å². The van der Waals surface area contributed by atoms with E-state index in [1.54, 1.807) is 6.20 Å². The van der Waals surface area contributed by atoms with E-state index in [1.165, 1.54) is 0 Å². The first-order chi connectivity index (χ1) is 8.51. The van der Waals surface area contributed by atoms with Crippen molar-refractivity contribution in [3.8, 4) is 0 Å². The highest BCUT2D eigenvalue weighted by molar-refractivity contribution is 9.11. The topological polar surface area (TPSA) is 66.9 Å². The molecule has 1 aromatic rings. The fraction of sp³-hybridized carbons (Fsp3) is 0.545. The number of halogens is 2. The van der Waals surface area contributed by atoms with Gasteiger partial charge in [-0.25, -0.2) is 9.97 Å². The largest absolute Gasteiger partial charge is 0.317 e. The molecule has 2 heterocycles. The molecule has 1 saturated heterocycles. The predicted molar refractivity (Wildman–Crippen MR) is 76.3 cm³/mol. The lowest BCUT2D eigenvalue weighted by atomic mass is 9.80. The summed E-state index contributed by atoms with van der Waals surface area (Å²) in [4.78, 5) is 20.6. The van der Waals surface area contributed by atoms with Crippen molar-refractivity contribution in [1.29, 1.82) is 0 Å². The Morgan fingerprint density at radius 3 is 2.72 bits per heavy atom. The number of rotatable bonds is 2. The van der Waals surface area contributed by atoms with Crippen LogP contribution < -0.4 is 10.6 Å². The second-order valence-electron chi connectivity index (χ2n) is 4.60. The zero-order valence-electron chi connectivity index (χ0n) is 9.96. The minimum absolute atomic E-state index is 0.00122. The molecule has 1 fully saturated rings. The van der Waals surface area contributed by atoms with Gasteiger partial charge in [0.25, 0.3) is 0 Å². The van der Waals surface area contributed by atoms with Crippen molar-refractivity contribution in [2.24, 2.45) is 5.41 Å². The maximum atomic E-state index is 12.3. The van der Waals surface area contributed by atoms with Crippen LogP contribution >= 0.6 is 31.9 Å². The minimum Gasteiger partial charge on any atom is -0.317 e. The van der Waals surface area contributed by atoms with Gasteiger partial charge in [-0.3, -0.25) is 4.79 Å². The molecule has 1 amide bonds. The standard InChI is InChI=1S/C11H14Br2N4O/c1-11(2-4-14-5-3-11)10(18)17-9-8(13)16-7(12)6-15-9/h6,14H,2-5H2,1H3,(H,15,17,18). The highest BCUT2D eigenvalue weighted by Crippen LogP contribution is 2.30. The van der Waals surface area contributed by atoms with Crippen LogP contribution in [0.1, 0.15) is 19.8 Å². The van der Waals surface area contributed by atoms with E-state index in [2.05, 4.69) is 52.5 Å². The summed E-state index contributed by atoms with van der Waals surface area (Å²) in [5, 5.41) is 6.09. The summed E-state index contributed by atoms with van der Waals surface area (Å²) < 4.78 is 1.16. The van der Waals surface area contributed by atoms with Crippen molar-refractivity contribution < 1.29 is 4.79 Å². The highest BCUT2D eigenvalue weighted by atomic mass is 79.9. The van der Waals surface area contributed by atoms with Gasteiger partial charge < -0.3 is 10.6 Å². The summed E-state index contributed by atoms with van der Waals surface area (Å²) in [5.74, 6) is 0.462. The maximum absolute atomic E-state index is 12.3. The van der Waals surface area contributed by atoms with Crippen LogP contribution in [0.15, 0.2) is 15.4 Å². The Labute approximate surface area is 122 Å². The molecule has 7 heteroatoms. The summed E-state index contributed by atoms with van der Waals surface area (Å²) in [6.45, 7) is 3.73. The van der Waals surface area contributed by atoms with E-state index in [0.717, 1.165) is 25.9 Å². The molecule has 0 unspecified atom stereocenters. The normalized spacial score (nSPS) is 18.4. The number of aromatic nitrogens is 2. The molecule has 0 atom stereocenters. The van der Waals surface area contributed by atoms with Gasteiger partial charge in [-0.15, -0.1) is 0 Å². The number of carbonyl (C=O) groups is 1. The molecule has 1 aliphatic rings. The third-order valence-electron chi connectivity index (χ3n) is 3.19. The van der Waals surface area contributed by atoms with Gasteiger partial charge in [-0.2, -0.15) is 0 Å². The van der Waals surface area contributed by atoms with Crippen molar-refractivity contribution in [2.45, 2.75) is 19.8 Å². The Morgan fingerprint density at radius 1 is 1.44 bits per heavy atom. The molecule has 2 N–H and O–H groups in total. The highest BCUT2D eigenvalue weighted by Gasteiger charge is 2.35. The van der Waals surface area contributed by atoms with E-state index in [-0.39, 0.29) is 11.3 Å². The number of nitrogens with zero attached hydrogens (tertiary/aromatic N) is 2. The first-order valence-corrected chi connectivity index (χ1v) is 7.30. The molecule has 1 aliphatic heterocycles. The van der Waals surface area contributed by atoms with Gasteiger partial charge in [-0.05, 0) is 57.8 Å². The van der Waals surface area contributed by atoms with Gasteiger partial charge in [-0.1, -0.05) is 6.92 Å². The number of hydrogen-bond acceptors (Lipinski definition) is 4. The van der Waals surface area contributed by atoms with Gasteiger partial charge in [0.1, 0.15) is 9.21 Å². The summed E-state index contributed by atoms with van der Waals surface area (Å²) >= 11 is 6.51. The monoisotopic (exact) mass is 376 g/mol. The quantitative estimate of drug-likeness (QED) is 0.829. The number of amides is 1. The molecular weight excluding hydrogens is 364 g/mol. The van der Waals surface area contributed by atoms with Crippen LogP contribution in [0.5, 0.6) is 0 Å². The number of anilines is 1. The molecule has 0 spiro atoms. The number of carbonyl (C=O) groups excluding carboxylic acids is 1. The summed E-state index contributed by atoms with van der Waals surface area (Å²) in [7, 11) is 0. The predicted octanol–water partition coefficient (Wildman–Crippen LogP) is 2.33. The van der Waals surface area contributed by atoms with Crippen molar-refractivity contribution >= 4 is 43.6 Å². The maximum Gasteiger partial charge on any atom is 0.231 e. The van der Waals surface area contributed by atoms with E-state index in [9.17, 15) is 4.79 Å².